The molecule has 0 aliphatic rings. The smallest absolute Gasteiger partial charge is 0.306 e. The zero-order chi connectivity index (χ0) is 45.4. The Balaban J connectivity index is 4.28. The van der Waals surface area contributed by atoms with Crippen LogP contribution in [0.1, 0.15) is 311 Å². The van der Waals surface area contributed by atoms with Gasteiger partial charge in [0.2, 0.25) is 0 Å². The zero-order valence-corrected chi connectivity index (χ0v) is 42.5. The number of hydrogen-bond donors (Lipinski definition) is 0. The summed E-state index contributed by atoms with van der Waals surface area (Å²) in [7, 11) is 0. The molecule has 2 unspecified atom stereocenters. The van der Waals surface area contributed by atoms with E-state index in [1.807, 2.05) is 0 Å². The van der Waals surface area contributed by atoms with Crippen molar-refractivity contribution < 1.29 is 28.6 Å². The average molecular weight is 877 g/mol. The average Bonchev–Trinajstić information content (AvgIpc) is 3.27. The summed E-state index contributed by atoms with van der Waals surface area (Å²) in [6, 6.07) is 0. The third-order valence-electron chi connectivity index (χ3n) is 13.4. The molecule has 0 saturated heterocycles. The van der Waals surface area contributed by atoms with E-state index < -0.39 is 6.10 Å². The van der Waals surface area contributed by atoms with Crippen molar-refractivity contribution in [3.05, 3.63) is 0 Å². The lowest BCUT2D eigenvalue weighted by Crippen LogP contribution is -2.30. The number of ether oxygens (including phenoxy) is 3. The Hall–Kier alpha value is -1.59. The molecule has 0 heterocycles. The van der Waals surface area contributed by atoms with Crippen molar-refractivity contribution in [1.29, 1.82) is 0 Å². The topological polar surface area (TPSA) is 78.9 Å². The summed E-state index contributed by atoms with van der Waals surface area (Å²) in [6.07, 6.45) is 50.8. The predicted octanol–water partition coefficient (Wildman–Crippen LogP) is 18.1. The van der Waals surface area contributed by atoms with Crippen molar-refractivity contribution in [2.45, 2.75) is 317 Å². The largest absolute Gasteiger partial charge is 0.462 e. The first-order valence-corrected chi connectivity index (χ1v) is 27.8. The second-order valence-electron chi connectivity index (χ2n) is 19.7. The van der Waals surface area contributed by atoms with Crippen LogP contribution in [-0.4, -0.2) is 37.2 Å². The van der Waals surface area contributed by atoms with Crippen LogP contribution in [0.4, 0.5) is 0 Å². The summed E-state index contributed by atoms with van der Waals surface area (Å²) in [5.74, 6) is 0.896. The molecular formula is C56H108O6. The van der Waals surface area contributed by atoms with Gasteiger partial charge in [-0.05, 0) is 31.1 Å². The summed E-state index contributed by atoms with van der Waals surface area (Å²) in [6.45, 7) is 11.4. The van der Waals surface area contributed by atoms with Crippen LogP contribution in [0.5, 0.6) is 0 Å². The minimum absolute atomic E-state index is 0.0635. The van der Waals surface area contributed by atoms with Crippen molar-refractivity contribution >= 4 is 17.9 Å². The zero-order valence-electron chi connectivity index (χ0n) is 42.5. The van der Waals surface area contributed by atoms with Crippen LogP contribution in [0, 0.1) is 11.8 Å². The van der Waals surface area contributed by atoms with E-state index in [-0.39, 0.29) is 31.1 Å². The van der Waals surface area contributed by atoms with Gasteiger partial charge in [0.1, 0.15) is 13.2 Å². The number of unbranched alkanes of at least 4 members (excludes halogenated alkanes) is 33. The second-order valence-corrected chi connectivity index (χ2v) is 19.7. The quantitative estimate of drug-likeness (QED) is 0.0344. The minimum Gasteiger partial charge on any atom is -0.462 e. The second kappa shape index (κ2) is 48.9. The molecule has 0 aromatic carbocycles. The van der Waals surface area contributed by atoms with Gasteiger partial charge in [-0.1, -0.05) is 272 Å². The number of rotatable bonds is 50. The maximum atomic E-state index is 12.8. The molecule has 0 aromatic rings. The van der Waals surface area contributed by atoms with Crippen LogP contribution < -0.4 is 0 Å². The molecule has 368 valence electrons. The third-order valence-corrected chi connectivity index (χ3v) is 13.4. The minimum atomic E-state index is -0.762. The standard InChI is InChI=1S/C56H108O6/c1-6-9-10-11-12-13-14-15-19-22-25-31-36-41-46-54(57)60-49-53(62-56(59)48-43-38-33-28-27-30-35-40-45-52(5)8-3)50-61-55(58)47-42-37-32-26-23-20-17-16-18-21-24-29-34-39-44-51(4)7-2/h51-53H,6-50H2,1-5H3/t51?,52?,53-/m0/s1. The highest BCUT2D eigenvalue weighted by atomic mass is 16.6. The number of esters is 3. The third kappa shape index (κ3) is 46.4. The fraction of sp³-hybridized carbons (Fsp3) is 0.946. The van der Waals surface area contributed by atoms with E-state index in [9.17, 15) is 14.4 Å². The van der Waals surface area contributed by atoms with Gasteiger partial charge in [0.25, 0.3) is 0 Å². The van der Waals surface area contributed by atoms with Crippen molar-refractivity contribution in [2.24, 2.45) is 11.8 Å². The molecular weight excluding hydrogens is 769 g/mol. The van der Waals surface area contributed by atoms with Crippen molar-refractivity contribution in [1.82, 2.24) is 0 Å². The first-order chi connectivity index (χ1) is 30.3. The van der Waals surface area contributed by atoms with Crippen LogP contribution in [0.25, 0.3) is 0 Å². The Morgan fingerprint density at radius 2 is 0.565 bits per heavy atom. The van der Waals surface area contributed by atoms with E-state index in [1.165, 1.54) is 199 Å². The molecule has 0 aliphatic carbocycles. The van der Waals surface area contributed by atoms with Crippen LogP contribution >= 0.6 is 0 Å². The Labute approximate surface area is 387 Å². The lowest BCUT2D eigenvalue weighted by Gasteiger charge is -2.18. The highest BCUT2D eigenvalue weighted by molar-refractivity contribution is 5.71. The van der Waals surface area contributed by atoms with Crippen molar-refractivity contribution in [3.63, 3.8) is 0 Å². The molecule has 0 radical (unpaired) electrons. The fourth-order valence-corrected chi connectivity index (χ4v) is 8.46. The van der Waals surface area contributed by atoms with Gasteiger partial charge in [-0.25, -0.2) is 0 Å². The summed E-state index contributed by atoms with van der Waals surface area (Å²) in [5.41, 5.74) is 0. The normalized spacial score (nSPS) is 12.9. The van der Waals surface area contributed by atoms with Crippen LogP contribution in [0.3, 0.4) is 0 Å². The van der Waals surface area contributed by atoms with E-state index in [1.54, 1.807) is 0 Å². The maximum absolute atomic E-state index is 12.8. The molecule has 0 bridgehead atoms. The van der Waals surface area contributed by atoms with E-state index >= 15 is 0 Å². The van der Waals surface area contributed by atoms with Gasteiger partial charge in [0.15, 0.2) is 6.10 Å². The van der Waals surface area contributed by atoms with Crippen LogP contribution in [-0.2, 0) is 28.6 Å². The fourth-order valence-electron chi connectivity index (χ4n) is 8.46. The highest BCUT2D eigenvalue weighted by Gasteiger charge is 2.19. The Morgan fingerprint density at radius 3 is 0.839 bits per heavy atom. The van der Waals surface area contributed by atoms with Gasteiger partial charge in [-0.3, -0.25) is 14.4 Å². The molecule has 0 aromatic heterocycles. The van der Waals surface area contributed by atoms with Gasteiger partial charge in [-0.2, -0.15) is 0 Å². The van der Waals surface area contributed by atoms with Crippen LogP contribution in [0.15, 0.2) is 0 Å². The molecule has 0 amide bonds. The predicted molar refractivity (Wildman–Crippen MR) is 266 cm³/mol. The van der Waals surface area contributed by atoms with E-state index in [2.05, 4.69) is 34.6 Å². The van der Waals surface area contributed by atoms with E-state index in [4.69, 9.17) is 14.2 Å². The number of carbonyl (C=O) groups excluding carboxylic acids is 3. The van der Waals surface area contributed by atoms with Gasteiger partial charge >= 0.3 is 17.9 Å². The maximum Gasteiger partial charge on any atom is 0.306 e. The lowest BCUT2D eigenvalue weighted by molar-refractivity contribution is -0.167. The van der Waals surface area contributed by atoms with Gasteiger partial charge in [-0.15, -0.1) is 0 Å². The van der Waals surface area contributed by atoms with Crippen LogP contribution in [0.2, 0.25) is 0 Å². The Kier molecular flexibility index (Phi) is 47.6. The Morgan fingerprint density at radius 1 is 0.323 bits per heavy atom. The molecule has 6 nitrogen and oxygen atoms in total. The molecule has 0 aliphatic heterocycles. The lowest BCUT2D eigenvalue weighted by atomic mass is 9.99. The molecule has 0 N–H and O–H groups in total. The van der Waals surface area contributed by atoms with Gasteiger partial charge in [0, 0.05) is 19.3 Å². The summed E-state index contributed by atoms with van der Waals surface area (Å²) < 4.78 is 16.9. The first kappa shape index (κ1) is 60.4. The Bertz CT molecular complexity index is 951. The SMILES string of the molecule is CCCCCCCCCCCCCCCCC(=O)OC[C@@H](COC(=O)CCCCCCCCCCCCCCCCC(C)CC)OC(=O)CCCCCCCCCCC(C)CC. The number of carbonyl (C=O) groups is 3. The van der Waals surface area contributed by atoms with E-state index in [0.717, 1.165) is 69.6 Å². The summed E-state index contributed by atoms with van der Waals surface area (Å²) in [5, 5.41) is 0. The molecule has 0 saturated carbocycles. The van der Waals surface area contributed by atoms with Gasteiger partial charge in [0.05, 0.1) is 0 Å². The number of hydrogen-bond acceptors (Lipinski definition) is 6. The first-order valence-electron chi connectivity index (χ1n) is 27.8. The monoisotopic (exact) mass is 877 g/mol. The molecule has 0 rings (SSSR count). The molecule has 6 heteroatoms. The van der Waals surface area contributed by atoms with Crippen molar-refractivity contribution in [3.8, 4) is 0 Å². The molecule has 62 heavy (non-hydrogen) atoms. The molecule has 0 fully saturated rings. The molecule has 3 atom stereocenters. The molecule has 0 spiro atoms. The van der Waals surface area contributed by atoms with E-state index in [0.29, 0.717) is 19.3 Å². The van der Waals surface area contributed by atoms with Crippen molar-refractivity contribution in [2.75, 3.05) is 13.2 Å². The van der Waals surface area contributed by atoms with Gasteiger partial charge < -0.3 is 14.2 Å². The highest BCUT2D eigenvalue weighted by Crippen LogP contribution is 2.19. The summed E-state index contributed by atoms with van der Waals surface area (Å²) >= 11 is 0. The summed E-state index contributed by atoms with van der Waals surface area (Å²) in [4.78, 5) is 38.0.